The number of para-hydroxylation sites is 1. The number of hydrogen-bond donors (Lipinski definition) is 1. The maximum Gasteiger partial charge on any atom is 0.294 e. The van der Waals surface area contributed by atoms with Crippen LogP contribution in [0.4, 0.5) is 10.5 Å². The molecular formula is C27H24N2O4S. The summed E-state index contributed by atoms with van der Waals surface area (Å²) in [7, 11) is 0. The van der Waals surface area contributed by atoms with E-state index in [0.717, 1.165) is 33.4 Å². The van der Waals surface area contributed by atoms with E-state index in [-0.39, 0.29) is 11.4 Å². The van der Waals surface area contributed by atoms with Gasteiger partial charge in [-0.25, -0.2) is 0 Å². The highest BCUT2D eigenvalue weighted by Gasteiger charge is 2.36. The zero-order valence-electron chi connectivity index (χ0n) is 18.9. The molecule has 1 N–H and O–H groups in total. The van der Waals surface area contributed by atoms with Crippen molar-refractivity contribution in [2.45, 2.75) is 20.5 Å². The van der Waals surface area contributed by atoms with E-state index in [1.54, 1.807) is 12.1 Å². The van der Waals surface area contributed by atoms with Crippen LogP contribution in [0.2, 0.25) is 0 Å². The van der Waals surface area contributed by atoms with E-state index in [9.17, 15) is 14.4 Å². The van der Waals surface area contributed by atoms with Crippen molar-refractivity contribution in [3.63, 3.8) is 0 Å². The molecule has 0 aromatic heterocycles. The van der Waals surface area contributed by atoms with Crippen LogP contribution in [0.15, 0.2) is 77.7 Å². The van der Waals surface area contributed by atoms with Gasteiger partial charge >= 0.3 is 0 Å². The number of benzene rings is 3. The molecule has 7 heteroatoms. The molecule has 6 nitrogen and oxygen atoms in total. The van der Waals surface area contributed by atoms with E-state index in [1.807, 2.05) is 80.6 Å². The van der Waals surface area contributed by atoms with Gasteiger partial charge in [0, 0.05) is 11.3 Å². The van der Waals surface area contributed by atoms with Crippen molar-refractivity contribution in [1.82, 2.24) is 4.90 Å². The van der Waals surface area contributed by atoms with Crippen LogP contribution in [0.5, 0.6) is 5.75 Å². The molecule has 0 aliphatic carbocycles. The normalized spacial score (nSPS) is 14.5. The van der Waals surface area contributed by atoms with Gasteiger partial charge in [0.05, 0.1) is 4.91 Å². The van der Waals surface area contributed by atoms with Crippen LogP contribution in [-0.2, 0) is 16.2 Å². The maximum absolute atomic E-state index is 12.9. The second-order valence-electron chi connectivity index (χ2n) is 7.88. The van der Waals surface area contributed by atoms with E-state index < -0.39 is 17.1 Å². The molecule has 1 aliphatic heterocycles. The molecule has 3 aromatic rings. The van der Waals surface area contributed by atoms with Gasteiger partial charge in [-0.1, -0.05) is 60.7 Å². The molecule has 1 heterocycles. The molecule has 4 rings (SSSR count). The highest BCUT2D eigenvalue weighted by atomic mass is 32.2. The number of nitrogens with one attached hydrogen (secondary N) is 1. The first-order valence-electron chi connectivity index (χ1n) is 10.8. The van der Waals surface area contributed by atoms with Gasteiger partial charge < -0.3 is 10.1 Å². The van der Waals surface area contributed by atoms with E-state index >= 15 is 0 Å². The summed E-state index contributed by atoms with van der Waals surface area (Å²) in [5.41, 5.74) is 4.35. The van der Waals surface area contributed by atoms with Crippen LogP contribution in [-0.4, -0.2) is 28.5 Å². The van der Waals surface area contributed by atoms with Crippen LogP contribution >= 0.6 is 11.8 Å². The summed E-state index contributed by atoms with van der Waals surface area (Å²) < 4.78 is 5.95. The number of hydrogen-bond acceptors (Lipinski definition) is 5. The predicted octanol–water partition coefficient (Wildman–Crippen LogP) is 5.56. The molecular weight excluding hydrogens is 448 g/mol. The molecule has 1 saturated heterocycles. The Morgan fingerprint density at radius 3 is 2.50 bits per heavy atom. The molecule has 1 fully saturated rings. The zero-order valence-corrected chi connectivity index (χ0v) is 19.7. The van der Waals surface area contributed by atoms with E-state index in [1.165, 1.54) is 0 Å². The Hall–Kier alpha value is -3.84. The number of nitrogens with zero attached hydrogens (tertiary/aromatic N) is 1. The topological polar surface area (TPSA) is 75.7 Å². The van der Waals surface area contributed by atoms with E-state index in [0.29, 0.717) is 23.6 Å². The van der Waals surface area contributed by atoms with Crippen molar-refractivity contribution in [3.05, 3.63) is 100.0 Å². The highest BCUT2D eigenvalue weighted by molar-refractivity contribution is 8.18. The second kappa shape index (κ2) is 10.4. The van der Waals surface area contributed by atoms with Crippen molar-refractivity contribution >= 4 is 40.6 Å². The number of amides is 3. The third kappa shape index (κ3) is 5.38. The number of thioether (sulfide) groups is 1. The number of rotatable bonds is 7. The largest absolute Gasteiger partial charge is 0.488 e. The molecule has 34 heavy (non-hydrogen) atoms. The van der Waals surface area contributed by atoms with Gasteiger partial charge in [0.1, 0.15) is 18.9 Å². The number of carbonyl (C=O) groups is 3. The van der Waals surface area contributed by atoms with Crippen molar-refractivity contribution < 1.29 is 19.1 Å². The number of carbonyl (C=O) groups excluding carboxylic acids is 3. The van der Waals surface area contributed by atoms with Crippen LogP contribution < -0.4 is 10.1 Å². The summed E-state index contributed by atoms with van der Waals surface area (Å²) in [5.74, 6) is -0.321. The Labute approximate surface area is 202 Å². The van der Waals surface area contributed by atoms with Crippen LogP contribution in [0.1, 0.15) is 22.3 Å². The molecule has 0 unspecified atom stereocenters. The monoisotopic (exact) mass is 472 g/mol. The van der Waals surface area contributed by atoms with Crippen molar-refractivity contribution in [2.24, 2.45) is 0 Å². The van der Waals surface area contributed by atoms with Gasteiger partial charge in [-0.3, -0.25) is 19.3 Å². The Bertz CT molecular complexity index is 1270. The van der Waals surface area contributed by atoms with Gasteiger partial charge in [0.25, 0.3) is 11.1 Å². The summed E-state index contributed by atoms with van der Waals surface area (Å²) in [6.45, 7) is 3.89. The molecule has 3 aromatic carbocycles. The van der Waals surface area contributed by atoms with Gasteiger partial charge in [-0.05, 0) is 60.5 Å². The first kappa shape index (κ1) is 23.3. The Balaban J connectivity index is 1.46. The fourth-order valence-electron chi connectivity index (χ4n) is 3.46. The minimum Gasteiger partial charge on any atom is -0.488 e. The maximum atomic E-state index is 12.9. The number of imide groups is 1. The van der Waals surface area contributed by atoms with Crippen molar-refractivity contribution in [2.75, 3.05) is 11.9 Å². The average molecular weight is 473 g/mol. The molecule has 0 radical (unpaired) electrons. The lowest BCUT2D eigenvalue weighted by atomic mass is 10.1. The van der Waals surface area contributed by atoms with Gasteiger partial charge in [-0.2, -0.15) is 0 Å². The lowest BCUT2D eigenvalue weighted by molar-refractivity contribution is -0.127. The van der Waals surface area contributed by atoms with Gasteiger partial charge in [-0.15, -0.1) is 0 Å². The molecule has 3 amide bonds. The van der Waals surface area contributed by atoms with Crippen molar-refractivity contribution in [3.8, 4) is 5.75 Å². The van der Waals surface area contributed by atoms with Gasteiger partial charge in [0.15, 0.2) is 0 Å². The summed E-state index contributed by atoms with van der Waals surface area (Å²) in [6, 6.07) is 22.7. The average Bonchev–Trinajstić information content (AvgIpc) is 3.09. The molecule has 0 saturated carbocycles. The lowest BCUT2D eigenvalue weighted by Crippen LogP contribution is -2.36. The predicted molar refractivity (Wildman–Crippen MR) is 134 cm³/mol. The fraction of sp³-hybridized carbons (Fsp3) is 0.148. The Morgan fingerprint density at radius 2 is 1.71 bits per heavy atom. The van der Waals surface area contributed by atoms with Gasteiger partial charge in [0.2, 0.25) is 5.91 Å². The number of ether oxygens (including phenoxy) is 1. The highest BCUT2D eigenvalue weighted by Crippen LogP contribution is 2.34. The minimum absolute atomic E-state index is 0.250. The van der Waals surface area contributed by atoms with Crippen LogP contribution in [0.3, 0.4) is 0 Å². The first-order valence-corrected chi connectivity index (χ1v) is 11.6. The van der Waals surface area contributed by atoms with Crippen LogP contribution in [0, 0.1) is 13.8 Å². The summed E-state index contributed by atoms with van der Waals surface area (Å²) in [6.07, 6.45) is 1.63. The molecule has 0 spiro atoms. The number of aryl methyl sites for hydroxylation is 1. The third-order valence-electron chi connectivity index (χ3n) is 5.50. The quantitative estimate of drug-likeness (QED) is 0.456. The van der Waals surface area contributed by atoms with Crippen LogP contribution in [0.25, 0.3) is 6.08 Å². The zero-order chi connectivity index (χ0) is 24.1. The molecule has 172 valence electrons. The smallest absolute Gasteiger partial charge is 0.294 e. The molecule has 1 aliphatic rings. The van der Waals surface area contributed by atoms with E-state index in [2.05, 4.69) is 5.32 Å². The molecule has 0 bridgehead atoms. The van der Waals surface area contributed by atoms with Crippen molar-refractivity contribution in [1.29, 1.82) is 0 Å². The molecule has 0 atom stereocenters. The lowest BCUT2D eigenvalue weighted by Gasteiger charge is -2.14. The Kier molecular flexibility index (Phi) is 7.13. The third-order valence-corrected chi connectivity index (χ3v) is 6.40. The number of anilines is 1. The minimum atomic E-state index is -0.496. The Morgan fingerprint density at radius 1 is 0.971 bits per heavy atom. The summed E-state index contributed by atoms with van der Waals surface area (Å²) in [5, 5.41) is 2.31. The summed E-state index contributed by atoms with van der Waals surface area (Å²) >= 11 is 0.817. The van der Waals surface area contributed by atoms with E-state index in [4.69, 9.17) is 4.74 Å². The fourth-order valence-corrected chi connectivity index (χ4v) is 4.29. The SMILES string of the molecule is Cc1cccc(NC(=O)CN2C(=O)S/C(=C/c3ccccc3OCc3ccccc3)C2=O)c1C. The standard InChI is InChI=1S/C27H24N2O4S/c1-18-9-8-13-22(19(18)2)28-25(30)16-29-26(31)24(34-27(29)32)15-21-12-6-7-14-23(21)33-17-20-10-4-3-5-11-20/h3-15H,16-17H2,1-2H3,(H,28,30)/b24-15+. The first-order chi connectivity index (χ1) is 16.4. The second-order valence-corrected chi connectivity index (χ2v) is 8.87. The summed E-state index contributed by atoms with van der Waals surface area (Å²) in [4.78, 5) is 39.2.